The smallest absolute Gasteiger partial charge is 0.253 e. The lowest BCUT2D eigenvalue weighted by Crippen LogP contribution is -2.38. The summed E-state index contributed by atoms with van der Waals surface area (Å²) in [6.45, 7) is 5.61. The highest BCUT2D eigenvalue weighted by Gasteiger charge is 2.24. The molecule has 1 saturated carbocycles. The fourth-order valence-corrected chi connectivity index (χ4v) is 2.89. The van der Waals surface area contributed by atoms with Crippen LogP contribution in [0.3, 0.4) is 0 Å². The number of nitrogens with zero attached hydrogens (tertiary/aromatic N) is 1. The number of benzene rings is 1. The summed E-state index contributed by atoms with van der Waals surface area (Å²) in [5, 5.41) is 2.89. The zero-order valence-corrected chi connectivity index (χ0v) is 14.7. The Hall–Kier alpha value is -1.84. The summed E-state index contributed by atoms with van der Waals surface area (Å²) in [6.07, 6.45) is 5.84. The number of rotatable bonds is 3. The van der Waals surface area contributed by atoms with E-state index >= 15 is 0 Å². The van der Waals surface area contributed by atoms with E-state index in [0.29, 0.717) is 17.3 Å². The van der Waals surface area contributed by atoms with Crippen molar-refractivity contribution in [2.45, 2.75) is 58.9 Å². The Kier molecular flexibility index (Phi) is 5.45. The van der Waals surface area contributed by atoms with Crippen molar-refractivity contribution in [3.63, 3.8) is 0 Å². The Morgan fingerprint density at radius 1 is 1.13 bits per heavy atom. The average Bonchev–Trinajstić information content (AvgIpc) is 2.53. The van der Waals surface area contributed by atoms with Gasteiger partial charge < -0.3 is 10.2 Å². The number of nitrogens with one attached hydrogen (secondary N) is 1. The molecule has 2 rings (SSSR count). The van der Waals surface area contributed by atoms with Crippen LogP contribution in [-0.2, 0) is 4.79 Å². The third kappa shape index (κ3) is 4.57. The van der Waals surface area contributed by atoms with Crippen molar-refractivity contribution >= 4 is 17.5 Å². The second-order valence-electron chi connectivity index (χ2n) is 7.49. The van der Waals surface area contributed by atoms with Gasteiger partial charge in [-0.15, -0.1) is 0 Å². The van der Waals surface area contributed by atoms with Gasteiger partial charge in [-0.2, -0.15) is 0 Å². The minimum Gasteiger partial charge on any atom is -0.339 e. The van der Waals surface area contributed by atoms with E-state index in [1.54, 1.807) is 6.07 Å². The van der Waals surface area contributed by atoms with Gasteiger partial charge in [0, 0.05) is 29.8 Å². The first-order valence-electron chi connectivity index (χ1n) is 8.48. The van der Waals surface area contributed by atoms with Crippen molar-refractivity contribution in [1.29, 1.82) is 0 Å². The Morgan fingerprint density at radius 3 is 2.39 bits per heavy atom. The number of anilines is 1. The van der Waals surface area contributed by atoms with Crippen LogP contribution in [0.1, 0.15) is 63.2 Å². The lowest BCUT2D eigenvalue weighted by Gasteiger charge is -2.31. The molecule has 0 radical (unpaired) electrons. The van der Waals surface area contributed by atoms with Crippen LogP contribution in [0.4, 0.5) is 5.69 Å². The fraction of sp³-hybridized carbons (Fsp3) is 0.579. The number of carbonyl (C=O) groups excluding carboxylic acids is 2. The molecule has 0 aromatic heterocycles. The van der Waals surface area contributed by atoms with Crippen molar-refractivity contribution in [1.82, 2.24) is 4.90 Å². The van der Waals surface area contributed by atoms with Crippen LogP contribution in [0, 0.1) is 5.41 Å². The predicted molar refractivity (Wildman–Crippen MR) is 93.5 cm³/mol. The maximum Gasteiger partial charge on any atom is 0.253 e. The molecule has 1 aliphatic rings. The van der Waals surface area contributed by atoms with E-state index in [1.165, 1.54) is 19.3 Å². The molecule has 0 unspecified atom stereocenters. The third-order valence-corrected chi connectivity index (χ3v) is 4.49. The van der Waals surface area contributed by atoms with Crippen LogP contribution in [0.2, 0.25) is 0 Å². The summed E-state index contributed by atoms with van der Waals surface area (Å²) in [5.41, 5.74) is 0.844. The highest BCUT2D eigenvalue weighted by Crippen LogP contribution is 2.24. The van der Waals surface area contributed by atoms with Crippen LogP contribution in [0.15, 0.2) is 24.3 Å². The molecule has 0 atom stereocenters. The largest absolute Gasteiger partial charge is 0.339 e. The van der Waals surface area contributed by atoms with Gasteiger partial charge in [-0.05, 0) is 31.0 Å². The lowest BCUT2D eigenvalue weighted by atomic mass is 9.94. The van der Waals surface area contributed by atoms with Crippen LogP contribution in [0.5, 0.6) is 0 Å². The predicted octanol–water partition coefficient (Wildman–Crippen LogP) is 4.08. The van der Waals surface area contributed by atoms with Crippen molar-refractivity contribution in [2.24, 2.45) is 5.41 Å². The van der Waals surface area contributed by atoms with Crippen LogP contribution >= 0.6 is 0 Å². The van der Waals surface area contributed by atoms with Gasteiger partial charge in [0.2, 0.25) is 5.91 Å². The van der Waals surface area contributed by atoms with Gasteiger partial charge in [-0.25, -0.2) is 0 Å². The van der Waals surface area contributed by atoms with Gasteiger partial charge in [0.1, 0.15) is 0 Å². The molecular weight excluding hydrogens is 288 g/mol. The molecule has 23 heavy (non-hydrogen) atoms. The van der Waals surface area contributed by atoms with E-state index < -0.39 is 5.41 Å². The zero-order chi connectivity index (χ0) is 17.0. The molecule has 0 spiro atoms. The van der Waals surface area contributed by atoms with Crippen LogP contribution in [-0.4, -0.2) is 29.8 Å². The lowest BCUT2D eigenvalue weighted by molar-refractivity contribution is -0.123. The Balaban J connectivity index is 2.09. The molecule has 0 heterocycles. The van der Waals surface area contributed by atoms with Gasteiger partial charge in [-0.3, -0.25) is 9.59 Å². The molecule has 1 aromatic carbocycles. The molecule has 4 heteroatoms. The summed E-state index contributed by atoms with van der Waals surface area (Å²) in [6, 6.07) is 7.56. The minimum atomic E-state index is -0.459. The van der Waals surface area contributed by atoms with Crippen molar-refractivity contribution in [3.05, 3.63) is 29.8 Å². The third-order valence-electron chi connectivity index (χ3n) is 4.49. The maximum atomic E-state index is 12.7. The number of amides is 2. The molecule has 4 nitrogen and oxygen atoms in total. The SMILES string of the molecule is CN(C(=O)c1cccc(NC(=O)C(C)(C)C)c1)C1CCCCC1. The van der Waals surface area contributed by atoms with E-state index in [4.69, 9.17) is 0 Å². The standard InChI is InChI=1S/C19H28N2O2/c1-19(2,3)18(23)20-15-10-8-9-14(13-15)17(22)21(4)16-11-6-5-7-12-16/h8-10,13,16H,5-7,11-12H2,1-4H3,(H,20,23). The second kappa shape index (κ2) is 7.16. The van der Waals surface area contributed by atoms with Crippen LogP contribution < -0.4 is 5.32 Å². The average molecular weight is 316 g/mol. The van der Waals surface area contributed by atoms with Gasteiger partial charge in [0.25, 0.3) is 5.91 Å². The number of hydrogen-bond donors (Lipinski definition) is 1. The molecule has 1 N–H and O–H groups in total. The van der Waals surface area contributed by atoms with Gasteiger partial charge >= 0.3 is 0 Å². The zero-order valence-electron chi connectivity index (χ0n) is 14.7. The highest BCUT2D eigenvalue weighted by molar-refractivity contribution is 5.98. The fourth-order valence-electron chi connectivity index (χ4n) is 2.89. The van der Waals surface area contributed by atoms with E-state index in [1.807, 2.05) is 50.9 Å². The summed E-state index contributed by atoms with van der Waals surface area (Å²) in [5.74, 6) is -0.0218. The van der Waals surface area contributed by atoms with E-state index in [-0.39, 0.29) is 11.8 Å². The first-order valence-corrected chi connectivity index (χ1v) is 8.48. The molecule has 1 fully saturated rings. The molecule has 0 bridgehead atoms. The Labute approximate surface area is 139 Å². The minimum absolute atomic E-state index is 0.0313. The highest BCUT2D eigenvalue weighted by atomic mass is 16.2. The summed E-state index contributed by atoms with van der Waals surface area (Å²) in [4.78, 5) is 26.6. The monoisotopic (exact) mass is 316 g/mol. The number of hydrogen-bond acceptors (Lipinski definition) is 2. The summed E-state index contributed by atoms with van der Waals surface area (Å²) < 4.78 is 0. The molecule has 126 valence electrons. The molecule has 0 aliphatic heterocycles. The molecule has 2 amide bonds. The maximum absolute atomic E-state index is 12.7. The first-order chi connectivity index (χ1) is 10.8. The van der Waals surface area contributed by atoms with Gasteiger partial charge in [-0.1, -0.05) is 46.1 Å². The Bertz CT molecular complexity index is 569. The van der Waals surface area contributed by atoms with Crippen molar-refractivity contribution in [3.8, 4) is 0 Å². The first kappa shape index (κ1) is 17.5. The van der Waals surface area contributed by atoms with Gasteiger partial charge in [0.05, 0.1) is 0 Å². The second-order valence-corrected chi connectivity index (χ2v) is 7.49. The number of carbonyl (C=O) groups is 2. The summed E-state index contributed by atoms with van der Waals surface area (Å²) >= 11 is 0. The molecule has 1 aromatic rings. The van der Waals surface area contributed by atoms with Gasteiger partial charge in [0.15, 0.2) is 0 Å². The van der Waals surface area contributed by atoms with Crippen molar-refractivity contribution < 1.29 is 9.59 Å². The topological polar surface area (TPSA) is 49.4 Å². The normalized spacial score (nSPS) is 16.0. The van der Waals surface area contributed by atoms with Crippen LogP contribution in [0.25, 0.3) is 0 Å². The molecule has 0 saturated heterocycles. The van der Waals surface area contributed by atoms with Crippen molar-refractivity contribution in [2.75, 3.05) is 12.4 Å². The van der Waals surface area contributed by atoms with E-state index in [0.717, 1.165) is 12.8 Å². The summed E-state index contributed by atoms with van der Waals surface area (Å²) in [7, 11) is 1.89. The molecule has 1 aliphatic carbocycles. The molecular formula is C19H28N2O2. The Morgan fingerprint density at radius 2 is 1.78 bits per heavy atom. The van der Waals surface area contributed by atoms with E-state index in [9.17, 15) is 9.59 Å². The quantitative estimate of drug-likeness (QED) is 0.913. The van der Waals surface area contributed by atoms with E-state index in [2.05, 4.69) is 5.32 Å².